The van der Waals surface area contributed by atoms with Crippen molar-refractivity contribution in [2.45, 2.75) is 32.2 Å². The van der Waals surface area contributed by atoms with Gasteiger partial charge in [0, 0.05) is 19.7 Å². The molecule has 0 spiro atoms. The van der Waals surface area contributed by atoms with Crippen molar-refractivity contribution >= 4 is 0 Å². The third-order valence-corrected chi connectivity index (χ3v) is 2.19. The average Bonchev–Trinajstić information content (AvgIpc) is 2.25. The molecule has 0 aromatic carbocycles. The van der Waals surface area contributed by atoms with E-state index in [1.54, 1.807) is 7.11 Å². The molecule has 0 saturated carbocycles. The molecule has 0 rings (SSSR count). The van der Waals surface area contributed by atoms with Crippen molar-refractivity contribution in [3.63, 3.8) is 0 Å². The molecule has 0 amide bonds. The predicted octanol–water partition coefficient (Wildman–Crippen LogP) is 0.790. The number of hydrogen-bond acceptors (Lipinski definition) is 4. The highest BCUT2D eigenvalue weighted by Crippen LogP contribution is 2.00. The van der Waals surface area contributed by atoms with Gasteiger partial charge in [-0.15, -0.1) is 0 Å². The van der Waals surface area contributed by atoms with E-state index in [1.807, 2.05) is 0 Å². The van der Waals surface area contributed by atoms with Crippen LogP contribution in [0.2, 0.25) is 0 Å². The molecule has 0 aromatic heterocycles. The maximum atomic E-state index is 8.51. The van der Waals surface area contributed by atoms with E-state index in [0.29, 0.717) is 19.3 Å². The average molecular weight is 219 g/mol. The minimum atomic E-state index is 0.0946. The minimum absolute atomic E-state index is 0.0946. The summed E-state index contributed by atoms with van der Waals surface area (Å²) in [7, 11) is 1.73. The Labute approximate surface area is 93.0 Å². The molecule has 15 heavy (non-hydrogen) atoms. The molecule has 0 aliphatic rings. The van der Waals surface area contributed by atoms with E-state index in [4.69, 9.17) is 14.6 Å². The number of unbranched alkanes of at least 4 members (excludes halogenated alkanes) is 1. The zero-order chi connectivity index (χ0) is 11.4. The van der Waals surface area contributed by atoms with E-state index in [0.717, 1.165) is 19.6 Å². The number of ether oxygens (including phenoxy) is 2. The molecule has 0 aromatic rings. The van der Waals surface area contributed by atoms with Crippen LogP contribution >= 0.6 is 0 Å². The Morgan fingerprint density at radius 1 is 1.33 bits per heavy atom. The van der Waals surface area contributed by atoms with Crippen LogP contribution in [-0.2, 0) is 9.47 Å². The summed E-state index contributed by atoms with van der Waals surface area (Å²) < 4.78 is 10.3. The van der Waals surface area contributed by atoms with Crippen molar-refractivity contribution in [2.24, 2.45) is 0 Å². The van der Waals surface area contributed by atoms with Gasteiger partial charge in [0.05, 0.1) is 26.4 Å². The van der Waals surface area contributed by atoms with Crippen molar-refractivity contribution in [1.82, 2.24) is 5.32 Å². The standard InChI is InChI=1S/C11H25NO3/c1-3-4-5-11(10-14-2)12-6-8-15-9-7-13/h11-13H,3-10H2,1-2H3. The van der Waals surface area contributed by atoms with E-state index < -0.39 is 0 Å². The van der Waals surface area contributed by atoms with Crippen molar-refractivity contribution < 1.29 is 14.6 Å². The molecule has 0 aliphatic carbocycles. The zero-order valence-electron chi connectivity index (χ0n) is 10.00. The number of rotatable bonds is 11. The third kappa shape index (κ3) is 10.1. The molecule has 92 valence electrons. The van der Waals surface area contributed by atoms with Crippen molar-refractivity contribution in [3.05, 3.63) is 0 Å². The van der Waals surface area contributed by atoms with Crippen LogP contribution in [0.3, 0.4) is 0 Å². The second-order valence-corrected chi connectivity index (χ2v) is 3.58. The lowest BCUT2D eigenvalue weighted by Gasteiger charge is -2.17. The first-order chi connectivity index (χ1) is 7.35. The summed E-state index contributed by atoms with van der Waals surface area (Å²) in [5.74, 6) is 0. The second kappa shape index (κ2) is 11.9. The maximum Gasteiger partial charge on any atom is 0.0698 e. The van der Waals surface area contributed by atoms with Gasteiger partial charge in [-0.05, 0) is 6.42 Å². The maximum absolute atomic E-state index is 8.51. The number of hydrogen-bond donors (Lipinski definition) is 2. The number of methoxy groups -OCH3 is 1. The Balaban J connectivity index is 3.38. The van der Waals surface area contributed by atoms with E-state index in [1.165, 1.54) is 12.8 Å². The molecule has 0 radical (unpaired) electrons. The smallest absolute Gasteiger partial charge is 0.0698 e. The highest BCUT2D eigenvalue weighted by molar-refractivity contribution is 4.65. The van der Waals surface area contributed by atoms with Crippen LogP contribution in [0.4, 0.5) is 0 Å². The molecule has 1 unspecified atom stereocenters. The normalized spacial score (nSPS) is 13.0. The molecule has 0 fully saturated rings. The first-order valence-electron chi connectivity index (χ1n) is 5.76. The molecule has 4 nitrogen and oxygen atoms in total. The number of aliphatic hydroxyl groups is 1. The van der Waals surface area contributed by atoms with Crippen LogP contribution in [0.25, 0.3) is 0 Å². The van der Waals surface area contributed by atoms with Gasteiger partial charge in [0.25, 0.3) is 0 Å². The highest BCUT2D eigenvalue weighted by atomic mass is 16.5. The molecule has 2 N–H and O–H groups in total. The molecular formula is C11H25NO3. The summed E-state index contributed by atoms with van der Waals surface area (Å²) in [5.41, 5.74) is 0. The summed E-state index contributed by atoms with van der Waals surface area (Å²) in [5, 5.41) is 11.9. The SMILES string of the molecule is CCCCC(COC)NCCOCCO. The molecule has 4 heteroatoms. The van der Waals surface area contributed by atoms with Gasteiger partial charge in [0.15, 0.2) is 0 Å². The fraction of sp³-hybridized carbons (Fsp3) is 1.00. The monoisotopic (exact) mass is 219 g/mol. The van der Waals surface area contributed by atoms with Gasteiger partial charge in [-0.25, -0.2) is 0 Å². The first kappa shape index (κ1) is 14.8. The van der Waals surface area contributed by atoms with E-state index in [-0.39, 0.29) is 6.61 Å². The lowest BCUT2D eigenvalue weighted by atomic mass is 10.1. The Morgan fingerprint density at radius 3 is 2.73 bits per heavy atom. The second-order valence-electron chi connectivity index (χ2n) is 3.58. The lowest BCUT2D eigenvalue weighted by molar-refractivity contribution is 0.0885. The Hall–Kier alpha value is -0.160. The molecule has 0 bridgehead atoms. The fourth-order valence-corrected chi connectivity index (χ4v) is 1.40. The van der Waals surface area contributed by atoms with Crippen molar-refractivity contribution in [1.29, 1.82) is 0 Å². The van der Waals surface area contributed by atoms with Gasteiger partial charge in [-0.1, -0.05) is 19.8 Å². The van der Waals surface area contributed by atoms with Crippen molar-refractivity contribution in [2.75, 3.05) is 40.1 Å². The summed E-state index contributed by atoms with van der Waals surface area (Å²) in [6.45, 7) is 4.92. The lowest BCUT2D eigenvalue weighted by Crippen LogP contribution is -2.35. The molecule has 0 aliphatic heterocycles. The summed E-state index contributed by atoms with van der Waals surface area (Å²) in [4.78, 5) is 0. The zero-order valence-corrected chi connectivity index (χ0v) is 10.00. The number of nitrogens with one attached hydrogen (secondary N) is 1. The van der Waals surface area contributed by atoms with E-state index in [2.05, 4.69) is 12.2 Å². The van der Waals surface area contributed by atoms with Gasteiger partial charge in [-0.3, -0.25) is 0 Å². The van der Waals surface area contributed by atoms with Crippen LogP contribution in [0.15, 0.2) is 0 Å². The molecular weight excluding hydrogens is 194 g/mol. The molecule has 1 atom stereocenters. The van der Waals surface area contributed by atoms with Gasteiger partial charge in [0.1, 0.15) is 0 Å². The van der Waals surface area contributed by atoms with Crippen LogP contribution < -0.4 is 5.32 Å². The summed E-state index contributed by atoms with van der Waals surface area (Å²) >= 11 is 0. The quantitative estimate of drug-likeness (QED) is 0.504. The van der Waals surface area contributed by atoms with Crippen molar-refractivity contribution in [3.8, 4) is 0 Å². The van der Waals surface area contributed by atoms with Crippen LogP contribution in [0.1, 0.15) is 26.2 Å². The van der Waals surface area contributed by atoms with E-state index >= 15 is 0 Å². The van der Waals surface area contributed by atoms with Crippen LogP contribution in [-0.4, -0.2) is 51.2 Å². The first-order valence-corrected chi connectivity index (χ1v) is 5.76. The Bertz CT molecular complexity index is 122. The third-order valence-electron chi connectivity index (χ3n) is 2.19. The minimum Gasteiger partial charge on any atom is -0.394 e. The van der Waals surface area contributed by atoms with Gasteiger partial charge in [0.2, 0.25) is 0 Å². The highest BCUT2D eigenvalue weighted by Gasteiger charge is 2.05. The van der Waals surface area contributed by atoms with E-state index in [9.17, 15) is 0 Å². The topological polar surface area (TPSA) is 50.7 Å². The fourth-order valence-electron chi connectivity index (χ4n) is 1.40. The summed E-state index contributed by atoms with van der Waals surface area (Å²) in [6, 6.07) is 0.424. The van der Waals surface area contributed by atoms with Gasteiger partial charge >= 0.3 is 0 Å². The molecule has 0 saturated heterocycles. The van der Waals surface area contributed by atoms with Gasteiger partial charge in [-0.2, -0.15) is 0 Å². The summed E-state index contributed by atoms with van der Waals surface area (Å²) in [6.07, 6.45) is 3.58. The van der Waals surface area contributed by atoms with Gasteiger partial charge < -0.3 is 19.9 Å². The largest absolute Gasteiger partial charge is 0.394 e. The number of aliphatic hydroxyl groups excluding tert-OH is 1. The Kier molecular flexibility index (Phi) is 11.8. The van der Waals surface area contributed by atoms with Crippen LogP contribution in [0.5, 0.6) is 0 Å². The van der Waals surface area contributed by atoms with Crippen LogP contribution in [0, 0.1) is 0 Å². The Morgan fingerprint density at radius 2 is 2.13 bits per heavy atom. The predicted molar refractivity (Wildman–Crippen MR) is 61.1 cm³/mol. The molecule has 0 heterocycles.